The lowest BCUT2D eigenvalue weighted by atomic mass is 10.4. The maximum Gasteiger partial charge on any atom is 0.278 e. The first kappa shape index (κ1) is 8.58. The van der Waals surface area contributed by atoms with Gasteiger partial charge in [0.05, 0.1) is 0 Å². The van der Waals surface area contributed by atoms with Crippen LogP contribution in [0.15, 0.2) is 4.79 Å². The molecule has 5 heteroatoms. The molecule has 0 spiro atoms. The molecular formula is C7H11N3O2. The van der Waals surface area contributed by atoms with Crippen molar-refractivity contribution >= 4 is 5.69 Å². The highest BCUT2D eigenvalue weighted by Gasteiger charge is 2.06. The lowest BCUT2D eigenvalue weighted by molar-refractivity contribution is 0.451. The monoisotopic (exact) mass is 169 g/mol. The molecule has 0 bridgehead atoms. The summed E-state index contributed by atoms with van der Waals surface area (Å²) in [6.07, 6.45) is 0. The first-order valence-electron chi connectivity index (χ1n) is 3.69. The largest absolute Gasteiger partial charge is 0.492 e. The number of nitrogens with zero attached hydrogens (tertiary/aromatic N) is 1. The molecule has 1 rings (SSSR count). The third-order valence-electron chi connectivity index (χ3n) is 1.37. The van der Waals surface area contributed by atoms with Crippen molar-refractivity contribution in [3.63, 3.8) is 0 Å². The number of nitrogens with one attached hydrogen (secondary N) is 2. The molecular weight excluding hydrogens is 158 g/mol. The van der Waals surface area contributed by atoms with Crippen molar-refractivity contribution in [1.82, 2.24) is 9.97 Å². The molecule has 0 aliphatic rings. The van der Waals surface area contributed by atoms with Gasteiger partial charge in [-0.3, -0.25) is 4.79 Å². The average Bonchev–Trinajstić information content (AvgIpc) is 1.96. The van der Waals surface area contributed by atoms with Gasteiger partial charge in [-0.15, -0.1) is 0 Å². The van der Waals surface area contributed by atoms with Gasteiger partial charge in [0.2, 0.25) is 5.88 Å². The van der Waals surface area contributed by atoms with E-state index in [1.807, 2.05) is 6.92 Å². The molecule has 12 heavy (non-hydrogen) atoms. The number of anilines is 1. The van der Waals surface area contributed by atoms with Crippen LogP contribution in [0.2, 0.25) is 0 Å². The van der Waals surface area contributed by atoms with Crippen LogP contribution >= 0.6 is 0 Å². The number of aromatic nitrogens is 2. The van der Waals surface area contributed by atoms with Gasteiger partial charge < -0.3 is 15.4 Å². The summed E-state index contributed by atoms with van der Waals surface area (Å²) in [7, 11) is 0. The third-order valence-corrected chi connectivity index (χ3v) is 1.37. The van der Waals surface area contributed by atoms with E-state index in [2.05, 4.69) is 15.3 Å². The first-order chi connectivity index (χ1) is 5.65. The normalized spacial score (nSPS) is 9.83. The van der Waals surface area contributed by atoms with Gasteiger partial charge in [-0.05, 0) is 13.8 Å². The van der Waals surface area contributed by atoms with E-state index in [0.29, 0.717) is 12.4 Å². The van der Waals surface area contributed by atoms with Crippen LogP contribution in [0.5, 0.6) is 5.88 Å². The minimum absolute atomic E-state index is 0.128. The van der Waals surface area contributed by atoms with Gasteiger partial charge in [-0.25, -0.2) is 0 Å². The number of aryl methyl sites for hydroxylation is 1. The van der Waals surface area contributed by atoms with E-state index in [1.54, 1.807) is 6.92 Å². The van der Waals surface area contributed by atoms with Crippen molar-refractivity contribution in [2.75, 3.05) is 11.9 Å². The zero-order chi connectivity index (χ0) is 9.14. The zero-order valence-corrected chi connectivity index (χ0v) is 7.01. The molecule has 1 aromatic heterocycles. The van der Waals surface area contributed by atoms with Gasteiger partial charge in [0, 0.05) is 6.54 Å². The summed E-state index contributed by atoms with van der Waals surface area (Å²) in [5, 5.41) is 11.9. The molecule has 0 aromatic carbocycles. The zero-order valence-electron chi connectivity index (χ0n) is 7.01. The third kappa shape index (κ3) is 1.55. The van der Waals surface area contributed by atoms with E-state index in [4.69, 9.17) is 0 Å². The summed E-state index contributed by atoms with van der Waals surface area (Å²) < 4.78 is 0. The van der Waals surface area contributed by atoms with Crippen molar-refractivity contribution < 1.29 is 5.11 Å². The number of aromatic amines is 1. The molecule has 0 fully saturated rings. The highest BCUT2D eigenvalue weighted by Crippen LogP contribution is 2.12. The smallest absolute Gasteiger partial charge is 0.278 e. The highest BCUT2D eigenvalue weighted by molar-refractivity contribution is 5.49. The Kier molecular flexibility index (Phi) is 2.32. The number of H-pyrrole nitrogens is 1. The molecule has 0 saturated carbocycles. The molecule has 0 saturated heterocycles. The Morgan fingerprint density at radius 1 is 1.67 bits per heavy atom. The fourth-order valence-corrected chi connectivity index (χ4v) is 0.907. The molecule has 0 radical (unpaired) electrons. The van der Waals surface area contributed by atoms with E-state index in [9.17, 15) is 9.90 Å². The Hall–Kier alpha value is -1.52. The average molecular weight is 169 g/mol. The topological polar surface area (TPSA) is 78.0 Å². The quantitative estimate of drug-likeness (QED) is 0.591. The van der Waals surface area contributed by atoms with Crippen molar-refractivity contribution in [3.8, 4) is 5.88 Å². The Morgan fingerprint density at radius 2 is 2.33 bits per heavy atom. The first-order valence-corrected chi connectivity index (χ1v) is 3.69. The van der Waals surface area contributed by atoms with Gasteiger partial charge in [0.1, 0.15) is 5.82 Å². The van der Waals surface area contributed by atoms with Crippen LogP contribution in [0.3, 0.4) is 0 Å². The summed E-state index contributed by atoms with van der Waals surface area (Å²) in [6, 6.07) is 0. The summed E-state index contributed by atoms with van der Waals surface area (Å²) in [4.78, 5) is 17.3. The van der Waals surface area contributed by atoms with Crippen LogP contribution in [0, 0.1) is 6.92 Å². The maximum atomic E-state index is 11.1. The van der Waals surface area contributed by atoms with Crippen LogP contribution in [0.4, 0.5) is 5.69 Å². The number of aromatic hydroxyl groups is 1. The predicted octanol–water partition coefficient (Wildman–Crippen LogP) is 0.216. The number of rotatable bonds is 2. The Labute approximate surface area is 69.5 Å². The van der Waals surface area contributed by atoms with Gasteiger partial charge in [0.15, 0.2) is 5.69 Å². The second-order valence-electron chi connectivity index (χ2n) is 2.38. The van der Waals surface area contributed by atoms with E-state index >= 15 is 0 Å². The highest BCUT2D eigenvalue weighted by atomic mass is 16.3. The van der Waals surface area contributed by atoms with Crippen LogP contribution in [-0.2, 0) is 0 Å². The summed E-state index contributed by atoms with van der Waals surface area (Å²) >= 11 is 0. The van der Waals surface area contributed by atoms with E-state index in [0.717, 1.165) is 0 Å². The molecule has 0 unspecified atom stereocenters. The molecule has 1 aromatic rings. The lowest BCUT2D eigenvalue weighted by Gasteiger charge is -2.03. The standard InChI is InChI=1S/C7H11N3O2/c1-3-8-5-6(11)9-4(2)10-7(5)12/h8H,3H2,1-2H3,(H2,9,10,11,12). The fraction of sp³-hybridized carbons (Fsp3) is 0.429. The van der Waals surface area contributed by atoms with Crippen LogP contribution in [0.1, 0.15) is 12.7 Å². The Morgan fingerprint density at radius 3 is 2.83 bits per heavy atom. The number of hydrogen-bond acceptors (Lipinski definition) is 4. The van der Waals surface area contributed by atoms with E-state index in [1.165, 1.54) is 0 Å². The second-order valence-corrected chi connectivity index (χ2v) is 2.38. The maximum absolute atomic E-state index is 11.1. The Balaban J connectivity index is 3.19. The molecule has 3 N–H and O–H groups in total. The molecule has 66 valence electrons. The Bertz CT molecular complexity index is 332. The number of hydrogen-bond donors (Lipinski definition) is 3. The minimum Gasteiger partial charge on any atom is -0.492 e. The van der Waals surface area contributed by atoms with Crippen LogP contribution in [-0.4, -0.2) is 21.6 Å². The van der Waals surface area contributed by atoms with Gasteiger partial charge in [-0.1, -0.05) is 0 Å². The van der Waals surface area contributed by atoms with Gasteiger partial charge in [0.25, 0.3) is 5.56 Å². The summed E-state index contributed by atoms with van der Waals surface area (Å²) in [5.41, 5.74) is -0.218. The van der Waals surface area contributed by atoms with Gasteiger partial charge in [-0.2, -0.15) is 4.98 Å². The molecule has 0 aliphatic carbocycles. The SMILES string of the molecule is CCNc1c(O)nc(C)[nH]c1=O. The van der Waals surface area contributed by atoms with Crippen molar-refractivity contribution in [3.05, 3.63) is 16.2 Å². The van der Waals surface area contributed by atoms with Crippen molar-refractivity contribution in [1.29, 1.82) is 0 Å². The van der Waals surface area contributed by atoms with E-state index in [-0.39, 0.29) is 17.1 Å². The van der Waals surface area contributed by atoms with Gasteiger partial charge >= 0.3 is 0 Å². The summed E-state index contributed by atoms with van der Waals surface area (Å²) in [5.74, 6) is 0.150. The van der Waals surface area contributed by atoms with Crippen LogP contribution < -0.4 is 10.9 Å². The van der Waals surface area contributed by atoms with E-state index < -0.39 is 0 Å². The van der Waals surface area contributed by atoms with Crippen LogP contribution in [0.25, 0.3) is 0 Å². The lowest BCUT2D eigenvalue weighted by Crippen LogP contribution is -2.16. The predicted molar refractivity (Wildman–Crippen MR) is 45.4 cm³/mol. The molecule has 5 nitrogen and oxygen atoms in total. The van der Waals surface area contributed by atoms with Crippen molar-refractivity contribution in [2.24, 2.45) is 0 Å². The molecule has 0 amide bonds. The molecule has 0 atom stereocenters. The molecule has 1 heterocycles. The minimum atomic E-state index is -0.346. The van der Waals surface area contributed by atoms with Crippen molar-refractivity contribution in [2.45, 2.75) is 13.8 Å². The summed E-state index contributed by atoms with van der Waals surface area (Å²) in [6.45, 7) is 4.01. The second kappa shape index (κ2) is 3.25. The molecule has 0 aliphatic heterocycles. The fourth-order valence-electron chi connectivity index (χ4n) is 0.907.